The number of hydrogen-bond acceptors (Lipinski definition) is 3. The summed E-state index contributed by atoms with van der Waals surface area (Å²) in [5.41, 5.74) is 3.03. The highest BCUT2D eigenvalue weighted by Crippen LogP contribution is 2.26. The quantitative estimate of drug-likeness (QED) is 0.578. The minimum Gasteiger partial charge on any atom is -0.383 e. The SMILES string of the molecule is CCN(C)C1=C(NCCCC(C)(C)C)C(=S)C1. The summed E-state index contributed by atoms with van der Waals surface area (Å²) in [6.07, 6.45) is 3.43. The summed E-state index contributed by atoms with van der Waals surface area (Å²) >= 11 is 5.33. The molecule has 0 aromatic heterocycles. The third-order valence-electron chi connectivity index (χ3n) is 3.24. The van der Waals surface area contributed by atoms with Crippen LogP contribution in [0.2, 0.25) is 0 Å². The molecule has 0 saturated heterocycles. The molecule has 0 aromatic rings. The van der Waals surface area contributed by atoms with E-state index < -0.39 is 0 Å². The smallest absolute Gasteiger partial charge is 0.0684 e. The summed E-state index contributed by atoms with van der Waals surface area (Å²) in [5.74, 6) is 0. The minimum absolute atomic E-state index is 0.430. The van der Waals surface area contributed by atoms with Crippen LogP contribution in [0, 0.1) is 5.41 Å². The monoisotopic (exact) mass is 254 g/mol. The molecule has 0 radical (unpaired) electrons. The van der Waals surface area contributed by atoms with Crippen molar-refractivity contribution >= 4 is 17.1 Å². The second-order valence-corrected chi connectivity index (χ2v) is 6.52. The Kier molecular flexibility index (Phi) is 4.99. The first kappa shape index (κ1) is 14.5. The molecule has 0 saturated carbocycles. The molecule has 0 amide bonds. The molecule has 0 unspecified atom stereocenters. The van der Waals surface area contributed by atoms with Crippen LogP contribution < -0.4 is 5.32 Å². The van der Waals surface area contributed by atoms with Crippen molar-refractivity contribution in [1.29, 1.82) is 0 Å². The van der Waals surface area contributed by atoms with Gasteiger partial charge < -0.3 is 10.2 Å². The number of allylic oxidation sites excluding steroid dienone is 2. The van der Waals surface area contributed by atoms with Gasteiger partial charge in [-0.25, -0.2) is 0 Å². The second kappa shape index (κ2) is 5.85. The molecule has 0 fully saturated rings. The van der Waals surface area contributed by atoms with Crippen LogP contribution >= 0.6 is 12.2 Å². The van der Waals surface area contributed by atoms with E-state index in [9.17, 15) is 0 Å². The van der Waals surface area contributed by atoms with E-state index in [0.717, 1.165) is 24.4 Å². The molecule has 1 N–H and O–H groups in total. The van der Waals surface area contributed by atoms with Gasteiger partial charge in [-0.05, 0) is 25.2 Å². The first-order valence-corrected chi connectivity index (χ1v) is 6.97. The Balaban J connectivity index is 2.38. The van der Waals surface area contributed by atoms with Gasteiger partial charge in [-0.15, -0.1) is 0 Å². The van der Waals surface area contributed by atoms with Crippen molar-refractivity contribution in [2.75, 3.05) is 20.1 Å². The minimum atomic E-state index is 0.430. The zero-order valence-corrected chi connectivity index (χ0v) is 12.7. The molecule has 3 heteroatoms. The molecule has 0 atom stereocenters. The number of rotatable bonds is 6. The van der Waals surface area contributed by atoms with Gasteiger partial charge in [0, 0.05) is 37.1 Å². The van der Waals surface area contributed by atoms with Gasteiger partial charge >= 0.3 is 0 Å². The lowest BCUT2D eigenvalue weighted by Gasteiger charge is -2.33. The van der Waals surface area contributed by atoms with Gasteiger partial charge in [0.25, 0.3) is 0 Å². The van der Waals surface area contributed by atoms with Gasteiger partial charge in [0.2, 0.25) is 0 Å². The van der Waals surface area contributed by atoms with Gasteiger partial charge in [-0.1, -0.05) is 33.0 Å². The first-order chi connectivity index (χ1) is 7.85. The maximum absolute atomic E-state index is 5.33. The summed E-state index contributed by atoms with van der Waals surface area (Å²) in [4.78, 5) is 3.37. The predicted molar refractivity (Wildman–Crippen MR) is 79.2 cm³/mol. The Bertz CT molecular complexity index is 313. The van der Waals surface area contributed by atoms with E-state index in [4.69, 9.17) is 12.2 Å². The Morgan fingerprint density at radius 1 is 1.35 bits per heavy atom. The van der Waals surface area contributed by atoms with Crippen LogP contribution in [0.5, 0.6) is 0 Å². The predicted octanol–water partition coefficient (Wildman–Crippen LogP) is 3.34. The summed E-state index contributed by atoms with van der Waals surface area (Å²) < 4.78 is 0. The van der Waals surface area contributed by atoms with Gasteiger partial charge in [-0.3, -0.25) is 0 Å². The van der Waals surface area contributed by atoms with Gasteiger partial charge in [0.05, 0.1) is 5.70 Å². The van der Waals surface area contributed by atoms with Crippen molar-refractivity contribution in [2.45, 2.75) is 47.0 Å². The molecule has 1 aliphatic carbocycles. The molecule has 1 rings (SSSR count). The molecule has 2 nitrogen and oxygen atoms in total. The highest BCUT2D eigenvalue weighted by molar-refractivity contribution is 7.81. The van der Waals surface area contributed by atoms with Crippen LogP contribution in [-0.2, 0) is 0 Å². The number of nitrogens with zero attached hydrogens (tertiary/aromatic N) is 1. The van der Waals surface area contributed by atoms with E-state index in [1.165, 1.54) is 24.2 Å². The summed E-state index contributed by atoms with van der Waals surface area (Å²) in [6.45, 7) is 11.1. The molecule has 0 aromatic carbocycles. The van der Waals surface area contributed by atoms with Crippen LogP contribution in [0.4, 0.5) is 0 Å². The topological polar surface area (TPSA) is 15.3 Å². The average Bonchev–Trinajstić information content (AvgIpc) is 2.22. The van der Waals surface area contributed by atoms with E-state index >= 15 is 0 Å². The fourth-order valence-electron chi connectivity index (χ4n) is 1.93. The van der Waals surface area contributed by atoms with E-state index in [1.54, 1.807) is 0 Å². The molecule has 1 aliphatic rings. The van der Waals surface area contributed by atoms with Crippen molar-refractivity contribution in [3.8, 4) is 0 Å². The zero-order chi connectivity index (χ0) is 13.1. The average molecular weight is 254 g/mol. The van der Waals surface area contributed by atoms with E-state index in [0.29, 0.717) is 5.41 Å². The van der Waals surface area contributed by atoms with Crippen LogP contribution in [-0.4, -0.2) is 29.9 Å². The van der Waals surface area contributed by atoms with Gasteiger partial charge in [0.15, 0.2) is 0 Å². The number of hydrogen-bond donors (Lipinski definition) is 1. The summed E-state index contributed by atoms with van der Waals surface area (Å²) in [7, 11) is 2.13. The largest absolute Gasteiger partial charge is 0.383 e. The Labute approximate surface area is 111 Å². The van der Waals surface area contributed by atoms with Crippen molar-refractivity contribution < 1.29 is 0 Å². The molecule has 0 bridgehead atoms. The van der Waals surface area contributed by atoms with Crippen molar-refractivity contribution in [2.24, 2.45) is 5.41 Å². The van der Waals surface area contributed by atoms with Crippen LogP contribution in [0.15, 0.2) is 11.4 Å². The summed E-state index contributed by atoms with van der Waals surface area (Å²) in [5, 5.41) is 3.50. The highest BCUT2D eigenvalue weighted by Gasteiger charge is 2.25. The Morgan fingerprint density at radius 2 is 2.00 bits per heavy atom. The maximum Gasteiger partial charge on any atom is 0.0684 e. The highest BCUT2D eigenvalue weighted by atomic mass is 32.1. The third kappa shape index (κ3) is 4.30. The number of nitrogens with one attached hydrogen (secondary N) is 1. The lowest BCUT2D eigenvalue weighted by Crippen LogP contribution is -2.36. The standard InChI is InChI=1S/C14H26N2S/c1-6-16(5)11-10-12(17)13(11)15-9-7-8-14(2,3)4/h15H,6-10H2,1-5H3. The normalized spacial score (nSPS) is 15.9. The van der Waals surface area contributed by atoms with Crippen molar-refractivity contribution in [3.63, 3.8) is 0 Å². The van der Waals surface area contributed by atoms with E-state index in [-0.39, 0.29) is 0 Å². The molecular formula is C14H26N2S. The lowest BCUT2D eigenvalue weighted by molar-refractivity contribution is 0.362. The van der Waals surface area contributed by atoms with Crippen LogP contribution in [0.3, 0.4) is 0 Å². The van der Waals surface area contributed by atoms with Gasteiger partial charge in [-0.2, -0.15) is 0 Å². The Morgan fingerprint density at radius 3 is 2.47 bits per heavy atom. The van der Waals surface area contributed by atoms with Crippen molar-refractivity contribution in [3.05, 3.63) is 11.4 Å². The molecule has 0 heterocycles. The van der Waals surface area contributed by atoms with E-state index in [2.05, 4.69) is 45.0 Å². The molecule has 0 aliphatic heterocycles. The first-order valence-electron chi connectivity index (χ1n) is 6.56. The fraction of sp³-hybridized carbons (Fsp3) is 0.786. The van der Waals surface area contributed by atoms with E-state index in [1.807, 2.05) is 0 Å². The van der Waals surface area contributed by atoms with Crippen LogP contribution in [0.25, 0.3) is 0 Å². The molecule has 0 spiro atoms. The maximum atomic E-state index is 5.33. The number of thiocarbonyl (C=S) groups is 1. The lowest BCUT2D eigenvalue weighted by atomic mass is 9.90. The van der Waals surface area contributed by atoms with Crippen LogP contribution in [0.1, 0.15) is 47.0 Å². The fourth-order valence-corrected chi connectivity index (χ4v) is 2.26. The molecular weight excluding hydrogens is 228 g/mol. The zero-order valence-electron chi connectivity index (χ0n) is 11.9. The van der Waals surface area contributed by atoms with Gasteiger partial charge in [0.1, 0.15) is 0 Å². The second-order valence-electron chi connectivity index (χ2n) is 6.03. The third-order valence-corrected chi connectivity index (χ3v) is 3.58. The van der Waals surface area contributed by atoms with Crippen molar-refractivity contribution in [1.82, 2.24) is 10.2 Å². The molecule has 17 heavy (non-hydrogen) atoms. The molecule has 98 valence electrons. The summed E-state index contributed by atoms with van der Waals surface area (Å²) in [6, 6.07) is 0. The Hall–Kier alpha value is -0.570.